The first-order valence-corrected chi connectivity index (χ1v) is 10.6. The molecule has 5 rings (SSSR count). The quantitative estimate of drug-likeness (QED) is 0.352. The van der Waals surface area contributed by atoms with E-state index < -0.39 is 0 Å². The van der Waals surface area contributed by atoms with Crippen molar-refractivity contribution in [2.24, 2.45) is 0 Å². The lowest BCUT2D eigenvalue weighted by Crippen LogP contribution is -2.16. The summed E-state index contributed by atoms with van der Waals surface area (Å²) in [4.78, 5) is 13.3. The molecule has 2 heterocycles. The average Bonchev–Trinajstić information content (AvgIpc) is 3.06. The molecule has 3 aromatic rings. The maximum absolute atomic E-state index is 13.3. The van der Waals surface area contributed by atoms with Crippen LogP contribution in [-0.4, -0.2) is 19.5 Å². The third-order valence-corrected chi connectivity index (χ3v) is 6.06. The molecule has 0 bridgehead atoms. The van der Waals surface area contributed by atoms with Crippen LogP contribution in [0.25, 0.3) is 27.8 Å². The van der Waals surface area contributed by atoms with Crippen molar-refractivity contribution >= 4 is 33.5 Å². The number of nitrogens with zero attached hydrogens (tertiary/aromatic N) is 3. The molecule has 0 radical (unpaired) electrons. The average molecular weight is 507 g/mol. The van der Waals surface area contributed by atoms with Crippen molar-refractivity contribution in [3.8, 4) is 22.7 Å². The molecule has 0 fully saturated rings. The van der Waals surface area contributed by atoms with Crippen LogP contribution in [0.5, 0.6) is 5.75 Å². The van der Waals surface area contributed by atoms with E-state index in [4.69, 9.17) is 0 Å². The van der Waals surface area contributed by atoms with Crippen LogP contribution >= 0.6 is 22.6 Å². The number of hydrogen-bond acceptors (Lipinski definition) is 3. The van der Waals surface area contributed by atoms with E-state index in [1.807, 2.05) is 54.1 Å². The van der Waals surface area contributed by atoms with Crippen molar-refractivity contribution in [1.82, 2.24) is 14.3 Å². The number of rotatable bonds is 3. The van der Waals surface area contributed by atoms with E-state index in [1.165, 1.54) is 8.25 Å². The molecule has 0 amide bonds. The molecule has 30 heavy (non-hydrogen) atoms. The van der Waals surface area contributed by atoms with E-state index in [2.05, 4.69) is 52.0 Å². The van der Waals surface area contributed by atoms with Gasteiger partial charge in [0, 0.05) is 16.3 Å². The number of aromatic hydroxyl groups is 1. The Labute approximate surface area is 186 Å². The van der Waals surface area contributed by atoms with Crippen LogP contribution in [0, 0.1) is 10.5 Å². The molecular weight excluding hydrogens is 489 g/mol. The molecule has 1 N–H and O–H groups in total. The van der Waals surface area contributed by atoms with E-state index in [0.717, 1.165) is 22.3 Å². The first-order valence-electron chi connectivity index (χ1n) is 9.57. The molecule has 0 aromatic heterocycles. The minimum atomic E-state index is -0.194. The minimum Gasteiger partial charge on any atom is -0.507 e. The Kier molecular flexibility index (Phi) is 4.58. The third kappa shape index (κ3) is 3.08. The summed E-state index contributed by atoms with van der Waals surface area (Å²) >= 11 is 2.28. The molecule has 0 spiro atoms. The molecule has 0 aliphatic carbocycles. The Balaban J connectivity index is 1.79. The summed E-state index contributed by atoms with van der Waals surface area (Å²) in [7, 11) is 0. The molecule has 0 atom stereocenters. The molecule has 6 heteroatoms. The van der Waals surface area contributed by atoms with Gasteiger partial charge in [0.15, 0.2) is 0 Å². The molecule has 0 unspecified atom stereocenters. The highest BCUT2D eigenvalue weighted by Gasteiger charge is 2.23. The van der Waals surface area contributed by atoms with Crippen molar-refractivity contribution in [2.45, 2.75) is 13.5 Å². The predicted molar refractivity (Wildman–Crippen MR) is 127 cm³/mol. The molecule has 3 aromatic carbocycles. The van der Waals surface area contributed by atoms with Crippen LogP contribution in [0.1, 0.15) is 11.1 Å². The minimum absolute atomic E-state index is 0.115. The summed E-state index contributed by atoms with van der Waals surface area (Å²) in [5, 5.41) is 15.9. The van der Waals surface area contributed by atoms with Gasteiger partial charge in [-0.1, -0.05) is 36.4 Å². The van der Waals surface area contributed by atoms with Gasteiger partial charge < -0.3 is 9.67 Å². The zero-order valence-corrected chi connectivity index (χ0v) is 18.4. The number of hydrogen-bond donors (Lipinski definition) is 1. The lowest BCUT2D eigenvalue weighted by atomic mass is 10.1. The van der Waals surface area contributed by atoms with Crippen molar-refractivity contribution in [2.75, 3.05) is 0 Å². The fourth-order valence-electron chi connectivity index (χ4n) is 3.83. The number of halogens is 1. The van der Waals surface area contributed by atoms with Gasteiger partial charge in [-0.3, -0.25) is 4.79 Å². The van der Waals surface area contributed by atoms with Crippen LogP contribution < -0.4 is 5.56 Å². The Hall–Kier alpha value is -3.13. The van der Waals surface area contributed by atoms with Gasteiger partial charge in [0.2, 0.25) is 0 Å². The first-order chi connectivity index (χ1) is 14.5. The number of aromatic nitrogens is 3. The summed E-state index contributed by atoms with van der Waals surface area (Å²) in [6.45, 7) is 2.54. The number of benzene rings is 3. The maximum Gasteiger partial charge on any atom is 0.282 e. The van der Waals surface area contributed by atoms with Crippen LogP contribution in [0.15, 0.2) is 77.7 Å². The first kappa shape index (κ1) is 18.9. The molecule has 5 nitrogen and oxygen atoms in total. The van der Waals surface area contributed by atoms with Crippen LogP contribution in [0.3, 0.4) is 0 Å². The molecule has 2 aliphatic rings. The van der Waals surface area contributed by atoms with Gasteiger partial charge in [0.1, 0.15) is 11.4 Å². The van der Waals surface area contributed by atoms with Crippen molar-refractivity contribution in [3.05, 3.63) is 98.0 Å². The summed E-state index contributed by atoms with van der Waals surface area (Å²) in [6.07, 6.45) is 1.85. The summed E-state index contributed by atoms with van der Waals surface area (Å²) < 4.78 is 4.60. The van der Waals surface area contributed by atoms with Gasteiger partial charge in [-0.25, -0.2) is 0 Å². The summed E-state index contributed by atoms with van der Waals surface area (Å²) in [6, 6.07) is 21.3. The SMILES string of the molecule is Cc1ccccc1-n1nc2c3c(O)cccc3n(Cc3ccc(I)cc3)cc-2c1=O. The predicted octanol–water partition coefficient (Wildman–Crippen LogP) is 4.96. The monoisotopic (exact) mass is 507 g/mol. The molecule has 2 aliphatic heterocycles. The normalized spacial score (nSPS) is 11.4. The standard InChI is InChI=1S/C24H18IN3O2/c1-15-5-2-3-6-19(15)28-24(30)18-14-27(13-16-9-11-17(25)12-10-16)20-7-4-8-21(29)22(20)23(18)26-28/h2-12,14,29H,13H2,1H3. The van der Waals surface area contributed by atoms with Gasteiger partial charge >= 0.3 is 0 Å². The number of pyridine rings is 1. The topological polar surface area (TPSA) is 60.0 Å². The number of phenolic OH excluding ortho intramolecular Hbond substituents is 1. The van der Waals surface area contributed by atoms with Crippen LogP contribution in [0.4, 0.5) is 0 Å². The van der Waals surface area contributed by atoms with Crippen molar-refractivity contribution in [1.29, 1.82) is 0 Å². The van der Waals surface area contributed by atoms with Crippen molar-refractivity contribution < 1.29 is 5.11 Å². The zero-order valence-electron chi connectivity index (χ0n) is 16.2. The summed E-state index contributed by atoms with van der Waals surface area (Å²) in [5.41, 5.74) is 4.45. The molecule has 0 saturated heterocycles. The lowest BCUT2D eigenvalue weighted by molar-refractivity contribution is 0.481. The highest BCUT2D eigenvalue weighted by atomic mass is 127. The number of aryl methyl sites for hydroxylation is 1. The van der Waals surface area contributed by atoms with Gasteiger partial charge in [0.05, 0.1) is 22.2 Å². The summed E-state index contributed by atoms with van der Waals surface area (Å²) in [5.74, 6) is 0.115. The second-order valence-corrected chi connectivity index (χ2v) is 8.57. The smallest absolute Gasteiger partial charge is 0.282 e. The van der Waals surface area contributed by atoms with E-state index in [9.17, 15) is 9.90 Å². The van der Waals surface area contributed by atoms with Gasteiger partial charge in [-0.15, -0.1) is 0 Å². The highest BCUT2D eigenvalue weighted by Crippen LogP contribution is 2.34. The highest BCUT2D eigenvalue weighted by molar-refractivity contribution is 14.1. The lowest BCUT2D eigenvalue weighted by Gasteiger charge is -2.14. The maximum atomic E-state index is 13.3. The molecule has 0 saturated carbocycles. The van der Waals surface area contributed by atoms with E-state index in [0.29, 0.717) is 23.2 Å². The zero-order chi connectivity index (χ0) is 20.8. The Morgan fingerprint density at radius 1 is 1.00 bits per heavy atom. The number of para-hydroxylation sites is 1. The largest absolute Gasteiger partial charge is 0.507 e. The Morgan fingerprint density at radius 2 is 1.77 bits per heavy atom. The second kappa shape index (κ2) is 7.28. The van der Waals surface area contributed by atoms with Gasteiger partial charge in [0.25, 0.3) is 5.56 Å². The van der Waals surface area contributed by atoms with E-state index >= 15 is 0 Å². The van der Waals surface area contributed by atoms with Crippen molar-refractivity contribution in [3.63, 3.8) is 0 Å². The van der Waals surface area contributed by atoms with Crippen LogP contribution in [-0.2, 0) is 6.54 Å². The number of phenols is 1. The molecule has 148 valence electrons. The van der Waals surface area contributed by atoms with Gasteiger partial charge in [-0.05, 0) is 71.0 Å². The van der Waals surface area contributed by atoms with Crippen LogP contribution in [0.2, 0.25) is 0 Å². The fraction of sp³-hybridized carbons (Fsp3) is 0.0833. The Bertz CT molecular complexity index is 1420. The molecular formula is C24H18IN3O2. The fourth-order valence-corrected chi connectivity index (χ4v) is 4.19. The third-order valence-electron chi connectivity index (χ3n) is 5.34. The van der Waals surface area contributed by atoms with E-state index in [1.54, 1.807) is 6.07 Å². The number of fused-ring (bicyclic) bond motifs is 3. The van der Waals surface area contributed by atoms with Gasteiger partial charge in [-0.2, -0.15) is 9.78 Å². The second-order valence-electron chi connectivity index (χ2n) is 7.32. The Morgan fingerprint density at radius 3 is 2.53 bits per heavy atom. The van der Waals surface area contributed by atoms with E-state index in [-0.39, 0.29) is 11.3 Å².